The van der Waals surface area contributed by atoms with Crippen molar-refractivity contribution in [3.05, 3.63) is 40.7 Å². The molecule has 2 aromatic rings. The van der Waals surface area contributed by atoms with Crippen LogP contribution in [0.4, 0.5) is 5.69 Å². The van der Waals surface area contributed by atoms with Crippen LogP contribution >= 0.6 is 0 Å². The molecule has 1 amide bonds. The van der Waals surface area contributed by atoms with Crippen LogP contribution in [-0.4, -0.2) is 16.2 Å². The summed E-state index contributed by atoms with van der Waals surface area (Å²) < 4.78 is 4.50. The van der Waals surface area contributed by atoms with Gasteiger partial charge in [0.1, 0.15) is 5.69 Å². The van der Waals surface area contributed by atoms with Crippen molar-refractivity contribution in [2.45, 2.75) is 20.8 Å². The minimum Gasteiger partial charge on any atom is -0.320 e. The highest BCUT2D eigenvalue weighted by atomic mass is 16.6. The molecule has 0 spiro atoms. The number of rotatable bonds is 2. The Kier molecular flexibility index (Phi) is 2.91. The monoisotopic (exact) mass is 231 g/mol. The van der Waals surface area contributed by atoms with Gasteiger partial charge in [-0.15, -0.1) is 0 Å². The van der Waals surface area contributed by atoms with Gasteiger partial charge in [-0.3, -0.25) is 4.79 Å². The molecule has 1 aromatic carbocycles. The molecule has 1 N–H and O–H groups in total. The van der Waals surface area contributed by atoms with Crippen LogP contribution in [0.25, 0.3) is 0 Å². The minimum absolute atomic E-state index is 0.214. The van der Waals surface area contributed by atoms with Crippen LogP contribution in [0.15, 0.2) is 22.8 Å². The summed E-state index contributed by atoms with van der Waals surface area (Å²) in [4.78, 5) is 11.9. The van der Waals surface area contributed by atoms with E-state index in [0.29, 0.717) is 5.69 Å². The number of carbonyl (C=O) groups is 1. The fourth-order valence-corrected chi connectivity index (χ4v) is 1.51. The predicted octanol–water partition coefficient (Wildman–Crippen LogP) is 2.25. The molecular formula is C12H13N3O2. The molecule has 5 nitrogen and oxygen atoms in total. The largest absolute Gasteiger partial charge is 0.320 e. The first-order valence-corrected chi connectivity index (χ1v) is 5.26. The normalized spacial score (nSPS) is 10.3. The third-order valence-electron chi connectivity index (χ3n) is 2.72. The summed E-state index contributed by atoms with van der Waals surface area (Å²) in [5, 5.41) is 9.93. The Morgan fingerprint density at radius 1 is 1.24 bits per heavy atom. The van der Waals surface area contributed by atoms with E-state index >= 15 is 0 Å². The van der Waals surface area contributed by atoms with Crippen molar-refractivity contribution in [1.29, 1.82) is 0 Å². The molecule has 0 unspecified atom stereocenters. The maximum Gasteiger partial charge on any atom is 0.279 e. The van der Waals surface area contributed by atoms with E-state index in [9.17, 15) is 4.79 Å². The number of nitrogens with zero attached hydrogens (tertiary/aromatic N) is 2. The molecule has 0 saturated heterocycles. The zero-order valence-electron chi connectivity index (χ0n) is 9.94. The van der Waals surface area contributed by atoms with Crippen molar-refractivity contribution in [2.75, 3.05) is 5.32 Å². The second-order valence-electron chi connectivity index (χ2n) is 3.90. The zero-order chi connectivity index (χ0) is 12.4. The Morgan fingerprint density at radius 3 is 2.65 bits per heavy atom. The molecule has 1 aromatic heterocycles. The number of amides is 1. The molecule has 5 heteroatoms. The van der Waals surface area contributed by atoms with Crippen molar-refractivity contribution in [2.24, 2.45) is 0 Å². The van der Waals surface area contributed by atoms with Gasteiger partial charge in [-0.25, -0.2) is 4.63 Å². The maximum atomic E-state index is 11.9. The third kappa shape index (κ3) is 2.18. The standard InChI is InChI=1S/C12H13N3O2/c1-7-5-4-6-10(8(7)2)13-12(16)11-9(3)14-17-15-11/h4-6H,1-3H3,(H,13,16). The van der Waals surface area contributed by atoms with E-state index in [1.807, 2.05) is 32.0 Å². The highest BCUT2D eigenvalue weighted by molar-refractivity contribution is 6.03. The van der Waals surface area contributed by atoms with E-state index in [4.69, 9.17) is 0 Å². The lowest BCUT2D eigenvalue weighted by Gasteiger charge is -2.08. The van der Waals surface area contributed by atoms with Gasteiger partial charge in [0, 0.05) is 5.69 Å². The second kappa shape index (κ2) is 4.37. The predicted molar refractivity (Wildman–Crippen MR) is 62.9 cm³/mol. The lowest BCUT2D eigenvalue weighted by molar-refractivity contribution is 0.101. The van der Waals surface area contributed by atoms with Crippen LogP contribution in [0.1, 0.15) is 27.3 Å². The molecule has 0 aliphatic rings. The van der Waals surface area contributed by atoms with Gasteiger partial charge < -0.3 is 5.32 Å². The molecule has 0 fully saturated rings. The number of aryl methyl sites for hydroxylation is 2. The Balaban J connectivity index is 2.25. The Morgan fingerprint density at radius 2 is 2.00 bits per heavy atom. The summed E-state index contributed by atoms with van der Waals surface area (Å²) in [6, 6.07) is 5.74. The molecule has 1 heterocycles. The zero-order valence-corrected chi connectivity index (χ0v) is 9.94. The van der Waals surface area contributed by atoms with Gasteiger partial charge in [0.15, 0.2) is 5.69 Å². The van der Waals surface area contributed by atoms with Gasteiger partial charge in [0.25, 0.3) is 5.91 Å². The van der Waals surface area contributed by atoms with E-state index in [2.05, 4.69) is 20.3 Å². The third-order valence-corrected chi connectivity index (χ3v) is 2.72. The van der Waals surface area contributed by atoms with Crippen molar-refractivity contribution in [1.82, 2.24) is 10.3 Å². The molecule has 0 aliphatic heterocycles. The summed E-state index contributed by atoms with van der Waals surface area (Å²) in [5.41, 5.74) is 3.63. The van der Waals surface area contributed by atoms with E-state index in [1.165, 1.54) is 0 Å². The molecule has 0 radical (unpaired) electrons. The van der Waals surface area contributed by atoms with Gasteiger partial charge in [0.2, 0.25) is 0 Å². The highest BCUT2D eigenvalue weighted by Crippen LogP contribution is 2.18. The van der Waals surface area contributed by atoms with Crippen LogP contribution in [0, 0.1) is 20.8 Å². The fourth-order valence-electron chi connectivity index (χ4n) is 1.51. The number of benzene rings is 1. The average Bonchev–Trinajstić information content (AvgIpc) is 2.71. The van der Waals surface area contributed by atoms with Gasteiger partial charge in [-0.2, -0.15) is 0 Å². The van der Waals surface area contributed by atoms with Crippen molar-refractivity contribution in [3.63, 3.8) is 0 Å². The molecule has 17 heavy (non-hydrogen) atoms. The number of carbonyl (C=O) groups excluding carboxylic acids is 1. The molecule has 0 saturated carbocycles. The lowest BCUT2D eigenvalue weighted by Crippen LogP contribution is -2.14. The summed E-state index contributed by atoms with van der Waals surface area (Å²) in [6.07, 6.45) is 0. The van der Waals surface area contributed by atoms with E-state index < -0.39 is 0 Å². The quantitative estimate of drug-likeness (QED) is 0.860. The Hall–Kier alpha value is -2.17. The van der Waals surface area contributed by atoms with Gasteiger partial charge in [-0.1, -0.05) is 17.3 Å². The van der Waals surface area contributed by atoms with Crippen LogP contribution in [0.2, 0.25) is 0 Å². The minimum atomic E-state index is -0.308. The molecule has 0 aliphatic carbocycles. The summed E-state index contributed by atoms with van der Waals surface area (Å²) in [7, 11) is 0. The molecule has 0 atom stereocenters. The lowest BCUT2D eigenvalue weighted by atomic mass is 10.1. The Labute approximate surface area is 98.8 Å². The number of hydrogen-bond acceptors (Lipinski definition) is 4. The average molecular weight is 231 g/mol. The van der Waals surface area contributed by atoms with Crippen LogP contribution in [0.3, 0.4) is 0 Å². The number of anilines is 1. The van der Waals surface area contributed by atoms with Crippen molar-refractivity contribution >= 4 is 11.6 Å². The van der Waals surface area contributed by atoms with E-state index in [0.717, 1.165) is 16.8 Å². The first kappa shape index (κ1) is 11.3. The molecule has 2 rings (SSSR count). The first-order chi connectivity index (χ1) is 8.09. The van der Waals surface area contributed by atoms with Crippen molar-refractivity contribution in [3.8, 4) is 0 Å². The van der Waals surface area contributed by atoms with E-state index in [-0.39, 0.29) is 11.6 Å². The number of aromatic nitrogens is 2. The fraction of sp³-hybridized carbons (Fsp3) is 0.250. The van der Waals surface area contributed by atoms with Crippen LogP contribution in [-0.2, 0) is 0 Å². The van der Waals surface area contributed by atoms with Gasteiger partial charge in [-0.05, 0) is 43.1 Å². The first-order valence-electron chi connectivity index (χ1n) is 5.26. The second-order valence-corrected chi connectivity index (χ2v) is 3.90. The molecule has 0 bridgehead atoms. The van der Waals surface area contributed by atoms with Crippen molar-refractivity contribution < 1.29 is 9.42 Å². The Bertz CT molecular complexity index is 561. The van der Waals surface area contributed by atoms with Gasteiger partial charge >= 0.3 is 0 Å². The summed E-state index contributed by atoms with van der Waals surface area (Å²) in [5.74, 6) is -0.308. The SMILES string of the molecule is Cc1cccc(NC(=O)c2nonc2C)c1C. The number of hydrogen-bond donors (Lipinski definition) is 1. The van der Waals surface area contributed by atoms with Gasteiger partial charge in [0.05, 0.1) is 0 Å². The number of nitrogens with one attached hydrogen (secondary N) is 1. The van der Waals surface area contributed by atoms with Crippen LogP contribution in [0.5, 0.6) is 0 Å². The molecular weight excluding hydrogens is 218 g/mol. The smallest absolute Gasteiger partial charge is 0.279 e. The molecule has 88 valence electrons. The summed E-state index contributed by atoms with van der Waals surface area (Å²) >= 11 is 0. The summed E-state index contributed by atoms with van der Waals surface area (Å²) in [6.45, 7) is 5.63. The maximum absolute atomic E-state index is 11.9. The highest BCUT2D eigenvalue weighted by Gasteiger charge is 2.15. The van der Waals surface area contributed by atoms with E-state index in [1.54, 1.807) is 6.92 Å². The topological polar surface area (TPSA) is 68.0 Å². The van der Waals surface area contributed by atoms with Crippen LogP contribution < -0.4 is 5.32 Å².